The normalized spacial score (nSPS) is 17.2. The summed E-state index contributed by atoms with van der Waals surface area (Å²) in [6.45, 7) is 2.11. The fourth-order valence-electron chi connectivity index (χ4n) is 2.25. The number of rotatable bonds is 3. The summed E-state index contributed by atoms with van der Waals surface area (Å²) in [6, 6.07) is 9.86. The van der Waals surface area contributed by atoms with Crippen molar-refractivity contribution >= 4 is 30.1 Å². The van der Waals surface area contributed by atoms with Gasteiger partial charge >= 0.3 is 0 Å². The molecule has 1 fully saturated rings. The molecule has 0 radical (unpaired) electrons. The highest BCUT2D eigenvalue weighted by molar-refractivity contribution is 7.99. The lowest BCUT2D eigenvalue weighted by Crippen LogP contribution is -2.39. The first kappa shape index (κ1) is 16.3. The van der Waals surface area contributed by atoms with E-state index in [9.17, 15) is 4.79 Å². The van der Waals surface area contributed by atoms with E-state index in [0.717, 1.165) is 36.6 Å². The summed E-state index contributed by atoms with van der Waals surface area (Å²) in [5.74, 6) is 2.20. The Hall–Kier alpha value is -0.710. The van der Waals surface area contributed by atoms with E-state index in [1.165, 1.54) is 0 Å². The molecule has 0 aliphatic carbocycles. The predicted octanol–water partition coefficient (Wildman–Crippen LogP) is 2.12. The lowest BCUT2D eigenvalue weighted by molar-refractivity contribution is -0.132. The third kappa shape index (κ3) is 4.41. The Kier molecular flexibility index (Phi) is 7.28. The molecule has 1 heterocycles. The van der Waals surface area contributed by atoms with Gasteiger partial charge in [0.25, 0.3) is 0 Å². The van der Waals surface area contributed by atoms with Gasteiger partial charge in [-0.1, -0.05) is 30.3 Å². The van der Waals surface area contributed by atoms with Crippen LogP contribution in [0.5, 0.6) is 0 Å². The lowest BCUT2D eigenvalue weighted by atomic mass is 9.97. The molecule has 1 saturated heterocycles. The monoisotopic (exact) mass is 300 g/mol. The van der Waals surface area contributed by atoms with Crippen molar-refractivity contribution in [2.45, 2.75) is 12.3 Å². The molecule has 1 aliphatic rings. The van der Waals surface area contributed by atoms with Crippen molar-refractivity contribution in [1.29, 1.82) is 0 Å². The van der Waals surface area contributed by atoms with Crippen LogP contribution in [0, 0.1) is 0 Å². The van der Waals surface area contributed by atoms with Gasteiger partial charge in [0.05, 0.1) is 5.92 Å². The van der Waals surface area contributed by atoms with Gasteiger partial charge in [-0.25, -0.2) is 0 Å². The molecule has 1 atom stereocenters. The van der Waals surface area contributed by atoms with Gasteiger partial charge < -0.3 is 10.6 Å². The number of nitrogens with two attached hydrogens (primary N) is 1. The smallest absolute Gasteiger partial charge is 0.231 e. The summed E-state index contributed by atoms with van der Waals surface area (Å²) in [7, 11) is 0. The first-order chi connectivity index (χ1) is 8.83. The lowest BCUT2D eigenvalue weighted by Gasteiger charge is -2.25. The maximum absolute atomic E-state index is 12.5. The molecule has 5 heteroatoms. The molecule has 0 saturated carbocycles. The molecule has 106 valence electrons. The summed E-state index contributed by atoms with van der Waals surface area (Å²) in [5, 5.41) is 0. The third-order valence-corrected chi connectivity index (χ3v) is 4.32. The third-order valence-electron chi connectivity index (χ3n) is 3.27. The summed E-state index contributed by atoms with van der Waals surface area (Å²) >= 11 is 1.93. The number of nitrogens with zero attached hydrogens (tertiary/aromatic N) is 1. The van der Waals surface area contributed by atoms with Crippen LogP contribution in [0.3, 0.4) is 0 Å². The average molecular weight is 301 g/mol. The molecular formula is C14H21ClN2OS. The zero-order valence-electron chi connectivity index (χ0n) is 11.0. The summed E-state index contributed by atoms with van der Waals surface area (Å²) < 4.78 is 0. The van der Waals surface area contributed by atoms with E-state index in [4.69, 9.17) is 5.73 Å². The van der Waals surface area contributed by atoms with E-state index in [1.807, 2.05) is 47.0 Å². The van der Waals surface area contributed by atoms with Crippen molar-refractivity contribution in [3.63, 3.8) is 0 Å². The highest BCUT2D eigenvalue weighted by Gasteiger charge is 2.25. The Morgan fingerprint density at radius 3 is 2.68 bits per heavy atom. The van der Waals surface area contributed by atoms with E-state index in [-0.39, 0.29) is 24.2 Å². The standard InChI is InChI=1S/C14H20N2OS.ClH/c15-11-13(12-5-2-1-3-6-12)14(17)16-7-4-9-18-10-8-16;/h1-3,5-6,13H,4,7-11,15H2;1H. The number of hydrogen-bond acceptors (Lipinski definition) is 3. The first-order valence-corrected chi connectivity index (χ1v) is 7.60. The molecule has 1 unspecified atom stereocenters. The molecule has 1 aliphatic heterocycles. The number of carbonyl (C=O) groups is 1. The number of benzene rings is 1. The second-order valence-corrected chi connectivity index (χ2v) is 5.71. The molecule has 0 spiro atoms. The minimum atomic E-state index is -0.186. The van der Waals surface area contributed by atoms with Gasteiger partial charge in [-0.3, -0.25) is 4.79 Å². The molecule has 2 rings (SSSR count). The molecule has 1 aromatic rings. The van der Waals surface area contributed by atoms with Gasteiger partial charge in [0, 0.05) is 25.4 Å². The van der Waals surface area contributed by atoms with E-state index in [2.05, 4.69) is 0 Å². The Morgan fingerprint density at radius 1 is 1.26 bits per heavy atom. The van der Waals surface area contributed by atoms with E-state index in [1.54, 1.807) is 0 Å². The van der Waals surface area contributed by atoms with Crippen molar-refractivity contribution in [3.05, 3.63) is 35.9 Å². The second-order valence-electron chi connectivity index (χ2n) is 4.49. The van der Waals surface area contributed by atoms with Crippen LogP contribution in [0.25, 0.3) is 0 Å². The van der Waals surface area contributed by atoms with Crippen molar-refractivity contribution < 1.29 is 4.79 Å². The Bertz CT molecular complexity index is 380. The van der Waals surface area contributed by atoms with Gasteiger partial charge in [-0.2, -0.15) is 11.8 Å². The Balaban J connectivity index is 0.00000180. The minimum Gasteiger partial charge on any atom is -0.341 e. The van der Waals surface area contributed by atoms with Crippen molar-refractivity contribution in [2.75, 3.05) is 31.1 Å². The van der Waals surface area contributed by atoms with E-state index in [0.29, 0.717) is 6.54 Å². The van der Waals surface area contributed by atoms with Crippen LogP contribution in [-0.2, 0) is 4.79 Å². The molecule has 19 heavy (non-hydrogen) atoms. The Labute approximate surface area is 125 Å². The van der Waals surface area contributed by atoms with Crippen LogP contribution in [0.2, 0.25) is 0 Å². The first-order valence-electron chi connectivity index (χ1n) is 6.44. The van der Waals surface area contributed by atoms with Crippen LogP contribution in [-0.4, -0.2) is 41.9 Å². The van der Waals surface area contributed by atoms with Gasteiger partial charge in [0.1, 0.15) is 0 Å². The highest BCUT2D eigenvalue weighted by atomic mass is 35.5. The molecular weight excluding hydrogens is 280 g/mol. The van der Waals surface area contributed by atoms with Gasteiger partial charge in [-0.05, 0) is 17.7 Å². The molecule has 2 N–H and O–H groups in total. The fraction of sp³-hybridized carbons (Fsp3) is 0.500. The van der Waals surface area contributed by atoms with Crippen molar-refractivity contribution in [1.82, 2.24) is 4.90 Å². The quantitative estimate of drug-likeness (QED) is 0.930. The van der Waals surface area contributed by atoms with Crippen LogP contribution in [0.1, 0.15) is 17.9 Å². The number of amides is 1. The molecule has 3 nitrogen and oxygen atoms in total. The highest BCUT2D eigenvalue weighted by Crippen LogP contribution is 2.19. The van der Waals surface area contributed by atoms with Crippen LogP contribution in [0.4, 0.5) is 0 Å². The van der Waals surface area contributed by atoms with Crippen molar-refractivity contribution in [3.8, 4) is 0 Å². The molecule has 1 aromatic carbocycles. The summed E-state index contributed by atoms with van der Waals surface area (Å²) in [4.78, 5) is 14.5. The number of thioether (sulfide) groups is 1. The van der Waals surface area contributed by atoms with Gasteiger partial charge in [-0.15, -0.1) is 12.4 Å². The zero-order chi connectivity index (χ0) is 12.8. The molecule has 0 aromatic heterocycles. The van der Waals surface area contributed by atoms with Gasteiger partial charge in [0.15, 0.2) is 0 Å². The Morgan fingerprint density at radius 2 is 2.00 bits per heavy atom. The predicted molar refractivity (Wildman–Crippen MR) is 84.0 cm³/mol. The van der Waals surface area contributed by atoms with Crippen LogP contribution >= 0.6 is 24.2 Å². The van der Waals surface area contributed by atoms with Crippen LogP contribution in [0.15, 0.2) is 30.3 Å². The summed E-state index contributed by atoms with van der Waals surface area (Å²) in [5.41, 5.74) is 6.83. The fourth-order valence-corrected chi connectivity index (χ4v) is 3.14. The summed E-state index contributed by atoms with van der Waals surface area (Å²) in [6.07, 6.45) is 1.09. The van der Waals surface area contributed by atoms with Crippen LogP contribution < -0.4 is 5.73 Å². The minimum absolute atomic E-state index is 0. The van der Waals surface area contributed by atoms with E-state index >= 15 is 0 Å². The maximum atomic E-state index is 12.5. The van der Waals surface area contributed by atoms with E-state index < -0.39 is 0 Å². The van der Waals surface area contributed by atoms with Gasteiger partial charge in [0.2, 0.25) is 5.91 Å². The molecule has 0 bridgehead atoms. The number of halogens is 1. The number of carbonyl (C=O) groups excluding carboxylic acids is 1. The topological polar surface area (TPSA) is 46.3 Å². The second kappa shape index (κ2) is 8.46. The average Bonchev–Trinajstić information content (AvgIpc) is 2.69. The SMILES string of the molecule is Cl.NCC(C(=O)N1CCCSCC1)c1ccccc1. The largest absolute Gasteiger partial charge is 0.341 e. The molecule has 1 amide bonds. The maximum Gasteiger partial charge on any atom is 0.231 e. The van der Waals surface area contributed by atoms with Crippen molar-refractivity contribution in [2.24, 2.45) is 5.73 Å². The number of hydrogen-bond donors (Lipinski definition) is 1. The zero-order valence-corrected chi connectivity index (χ0v) is 12.6.